The number of likely N-dealkylation sites (N-methyl/N-ethyl adjacent to an activating group) is 1. The zero-order valence-corrected chi connectivity index (χ0v) is 16.7. The molecule has 7 unspecified atom stereocenters. The average Bonchev–Trinajstić information content (AvgIpc) is 3.13. The minimum Gasteiger partial charge on any atom is -0.468 e. The van der Waals surface area contributed by atoms with Crippen molar-refractivity contribution in [2.24, 2.45) is 17.3 Å². The van der Waals surface area contributed by atoms with E-state index in [-0.39, 0.29) is 36.5 Å². The molecule has 150 valence electrons. The Balaban J connectivity index is 1.70. The molecular formula is C22H28N2O4. The number of carbonyl (C=O) groups excluding carboxylic acids is 2. The maximum Gasteiger partial charge on any atom is 0.316 e. The first-order valence-electron chi connectivity index (χ1n) is 10.3. The molecule has 4 fully saturated rings. The van der Waals surface area contributed by atoms with E-state index in [0.717, 1.165) is 30.6 Å². The van der Waals surface area contributed by atoms with Gasteiger partial charge in [-0.1, -0.05) is 31.5 Å². The number of fused-ring (bicyclic) bond motifs is 3. The summed E-state index contributed by atoms with van der Waals surface area (Å²) in [7, 11) is 3.25. The number of piperidine rings is 3. The number of hydrogen-bond acceptors (Lipinski definition) is 5. The fourth-order valence-corrected chi connectivity index (χ4v) is 7.20. The monoisotopic (exact) mass is 384 g/mol. The Morgan fingerprint density at radius 1 is 1.32 bits per heavy atom. The number of nitrogens with zero attached hydrogens (tertiary/aromatic N) is 2. The molecule has 1 spiro atoms. The number of para-hydroxylation sites is 1. The lowest BCUT2D eigenvalue weighted by Crippen LogP contribution is -2.69. The lowest BCUT2D eigenvalue weighted by molar-refractivity contribution is -0.191. The van der Waals surface area contributed by atoms with Crippen molar-refractivity contribution in [2.45, 2.75) is 43.7 Å². The van der Waals surface area contributed by atoms with E-state index in [1.807, 2.05) is 25.2 Å². The van der Waals surface area contributed by atoms with Crippen LogP contribution in [0.25, 0.3) is 0 Å². The summed E-state index contributed by atoms with van der Waals surface area (Å²) in [5.41, 5.74) is 0.478. The van der Waals surface area contributed by atoms with Crippen LogP contribution in [-0.2, 0) is 19.7 Å². The first-order chi connectivity index (χ1) is 13.5. The molecule has 28 heavy (non-hydrogen) atoms. The molecule has 5 aliphatic heterocycles. The SMILES string of the molecule is CCC1CN2C3CC1C(CO)(C(=O)OC)C2CC31C(=O)N(C)c2ccccc21. The molecular weight excluding hydrogens is 356 g/mol. The van der Waals surface area contributed by atoms with E-state index in [1.54, 1.807) is 4.90 Å². The second kappa shape index (κ2) is 5.80. The van der Waals surface area contributed by atoms with Gasteiger partial charge in [0.2, 0.25) is 5.91 Å². The largest absolute Gasteiger partial charge is 0.468 e. The van der Waals surface area contributed by atoms with Crippen molar-refractivity contribution in [3.8, 4) is 0 Å². The van der Waals surface area contributed by atoms with Crippen LogP contribution in [0.5, 0.6) is 0 Å². The highest BCUT2D eigenvalue weighted by Gasteiger charge is 2.74. The fraction of sp³-hybridized carbons (Fsp3) is 0.636. The molecule has 6 heteroatoms. The summed E-state index contributed by atoms with van der Waals surface area (Å²) in [5, 5.41) is 10.5. The van der Waals surface area contributed by atoms with Crippen LogP contribution in [0.1, 0.15) is 31.7 Å². The van der Waals surface area contributed by atoms with Gasteiger partial charge in [-0.05, 0) is 36.3 Å². The van der Waals surface area contributed by atoms with Gasteiger partial charge in [-0.15, -0.1) is 0 Å². The van der Waals surface area contributed by atoms with Crippen LogP contribution in [0.2, 0.25) is 0 Å². The third kappa shape index (κ3) is 1.77. The molecule has 0 aliphatic carbocycles. The van der Waals surface area contributed by atoms with E-state index >= 15 is 0 Å². The topological polar surface area (TPSA) is 70.1 Å². The van der Waals surface area contributed by atoms with Crippen LogP contribution in [0.15, 0.2) is 24.3 Å². The van der Waals surface area contributed by atoms with E-state index < -0.39 is 10.8 Å². The summed E-state index contributed by atoms with van der Waals surface area (Å²) in [6, 6.07) is 7.95. The number of esters is 1. The molecule has 0 radical (unpaired) electrons. The molecule has 5 heterocycles. The number of amides is 1. The van der Waals surface area contributed by atoms with Gasteiger partial charge in [-0.3, -0.25) is 14.5 Å². The van der Waals surface area contributed by atoms with Gasteiger partial charge in [0, 0.05) is 31.4 Å². The van der Waals surface area contributed by atoms with Crippen LogP contribution in [0.3, 0.4) is 0 Å². The molecule has 5 aliphatic rings. The van der Waals surface area contributed by atoms with Crippen LogP contribution < -0.4 is 4.90 Å². The fourth-order valence-electron chi connectivity index (χ4n) is 7.20. The van der Waals surface area contributed by atoms with Gasteiger partial charge >= 0.3 is 5.97 Å². The number of aliphatic hydroxyl groups is 1. The van der Waals surface area contributed by atoms with Gasteiger partial charge in [0.15, 0.2) is 0 Å². The minimum atomic E-state index is -0.940. The van der Waals surface area contributed by atoms with Gasteiger partial charge < -0.3 is 14.7 Å². The second-order valence-corrected chi connectivity index (χ2v) is 8.99. The third-order valence-corrected chi connectivity index (χ3v) is 8.42. The number of aliphatic hydroxyl groups excluding tert-OH is 1. The summed E-state index contributed by atoms with van der Waals surface area (Å²) in [4.78, 5) is 30.8. The van der Waals surface area contributed by atoms with E-state index in [9.17, 15) is 14.7 Å². The van der Waals surface area contributed by atoms with Crippen LogP contribution >= 0.6 is 0 Å². The highest BCUT2D eigenvalue weighted by molar-refractivity contribution is 6.09. The van der Waals surface area contributed by atoms with Crippen molar-refractivity contribution < 1.29 is 19.4 Å². The predicted octanol–water partition coefficient (Wildman–Crippen LogP) is 1.56. The Hall–Kier alpha value is -1.92. The van der Waals surface area contributed by atoms with Crippen molar-refractivity contribution in [1.82, 2.24) is 4.90 Å². The molecule has 6 nitrogen and oxygen atoms in total. The lowest BCUT2D eigenvalue weighted by Gasteiger charge is -2.59. The van der Waals surface area contributed by atoms with Crippen molar-refractivity contribution in [2.75, 3.05) is 32.2 Å². The van der Waals surface area contributed by atoms with Gasteiger partial charge in [0.25, 0.3) is 0 Å². The molecule has 6 rings (SSSR count). The first-order valence-corrected chi connectivity index (χ1v) is 10.3. The molecule has 7 atom stereocenters. The second-order valence-electron chi connectivity index (χ2n) is 8.99. The zero-order chi connectivity index (χ0) is 19.8. The van der Waals surface area contributed by atoms with Crippen LogP contribution in [0.4, 0.5) is 5.69 Å². The van der Waals surface area contributed by atoms with Gasteiger partial charge in [-0.25, -0.2) is 0 Å². The Kier molecular flexibility index (Phi) is 3.75. The van der Waals surface area contributed by atoms with Crippen molar-refractivity contribution in [3.63, 3.8) is 0 Å². The van der Waals surface area contributed by atoms with Gasteiger partial charge in [0.1, 0.15) is 5.41 Å². The smallest absolute Gasteiger partial charge is 0.316 e. The summed E-state index contributed by atoms with van der Waals surface area (Å²) < 4.78 is 5.23. The molecule has 1 amide bonds. The number of hydrogen-bond donors (Lipinski definition) is 1. The summed E-state index contributed by atoms with van der Waals surface area (Å²) in [6.45, 7) is 2.81. The Morgan fingerprint density at radius 2 is 2.07 bits per heavy atom. The highest BCUT2D eigenvalue weighted by Crippen LogP contribution is 2.65. The van der Waals surface area contributed by atoms with E-state index in [2.05, 4.69) is 17.9 Å². The Labute approximate surface area is 165 Å². The minimum absolute atomic E-state index is 0.0418. The van der Waals surface area contributed by atoms with Gasteiger partial charge in [-0.2, -0.15) is 0 Å². The van der Waals surface area contributed by atoms with E-state index in [0.29, 0.717) is 12.3 Å². The lowest BCUT2D eigenvalue weighted by atomic mass is 9.57. The molecule has 1 N–H and O–H groups in total. The molecule has 0 aromatic heterocycles. The standard InChI is InChI=1S/C22H28N2O4/c1-4-13-11-24-17-9-15(13)22(12-25,20(27)28-3)18(24)10-21(17)14-7-5-6-8-16(14)23(2)19(21)26/h5-8,13,15,17-18,25H,4,9-12H2,1-3H3. The maximum atomic E-state index is 13.6. The van der Waals surface area contributed by atoms with Crippen LogP contribution in [0, 0.1) is 17.3 Å². The molecule has 0 saturated carbocycles. The Morgan fingerprint density at radius 3 is 2.75 bits per heavy atom. The quantitative estimate of drug-likeness (QED) is 0.801. The average molecular weight is 384 g/mol. The van der Waals surface area contributed by atoms with Gasteiger partial charge in [0.05, 0.1) is 19.1 Å². The molecule has 1 aromatic rings. The highest BCUT2D eigenvalue weighted by atomic mass is 16.5. The zero-order valence-electron chi connectivity index (χ0n) is 16.7. The summed E-state index contributed by atoms with van der Waals surface area (Å²) in [5.74, 6) is 0.174. The normalized spacial score (nSPS) is 42.9. The number of rotatable bonds is 3. The summed E-state index contributed by atoms with van der Waals surface area (Å²) in [6.07, 6.45) is 2.27. The molecule has 1 aromatic carbocycles. The summed E-state index contributed by atoms with van der Waals surface area (Å²) >= 11 is 0. The molecule has 4 saturated heterocycles. The van der Waals surface area contributed by atoms with Crippen LogP contribution in [-0.4, -0.2) is 61.3 Å². The van der Waals surface area contributed by atoms with E-state index in [1.165, 1.54) is 7.11 Å². The van der Waals surface area contributed by atoms with Crippen molar-refractivity contribution in [3.05, 3.63) is 29.8 Å². The number of anilines is 1. The third-order valence-electron chi connectivity index (χ3n) is 8.42. The number of methoxy groups -OCH3 is 1. The predicted molar refractivity (Wildman–Crippen MR) is 104 cm³/mol. The van der Waals surface area contributed by atoms with Crippen molar-refractivity contribution >= 4 is 17.6 Å². The maximum absolute atomic E-state index is 13.6. The number of benzene rings is 1. The van der Waals surface area contributed by atoms with E-state index in [4.69, 9.17) is 4.74 Å². The van der Waals surface area contributed by atoms with Crippen molar-refractivity contribution in [1.29, 1.82) is 0 Å². The Bertz CT molecular complexity index is 857. The first kappa shape index (κ1) is 18.1. The number of carbonyl (C=O) groups is 2. The number of ether oxygens (including phenoxy) is 1. The molecule has 4 bridgehead atoms.